The SMILES string of the molecule is Cc1ccc(C(=O)Oc2ccc(/C=N\NC(=O)c3cnccn3)cc2)cc1. The van der Waals surface area contributed by atoms with E-state index in [2.05, 4.69) is 20.5 Å². The lowest BCUT2D eigenvalue weighted by Crippen LogP contribution is -2.19. The molecule has 0 radical (unpaired) electrons. The average molecular weight is 360 g/mol. The third kappa shape index (κ3) is 5.05. The molecule has 3 aromatic rings. The van der Waals surface area contributed by atoms with E-state index in [1.165, 1.54) is 24.8 Å². The second-order valence-electron chi connectivity index (χ2n) is 5.61. The van der Waals surface area contributed by atoms with Crippen LogP contribution in [0.5, 0.6) is 5.75 Å². The van der Waals surface area contributed by atoms with Crippen LogP contribution in [0.4, 0.5) is 0 Å². The molecule has 0 aliphatic heterocycles. The van der Waals surface area contributed by atoms with Gasteiger partial charge in [0, 0.05) is 12.4 Å². The molecule has 0 saturated carbocycles. The maximum Gasteiger partial charge on any atom is 0.343 e. The third-order valence-electron chi connectivity index (χ3n) is 3.55. The Labute approximate surface area is 155 Å². The van der Waals surface area contributed by atoms with Crippen LogP contribution < -0.4 is 10.2 Å². The lowest BCUT2D eigenvalue weighted by atomic mass is 10.1. The Bertz CT molecular complexity index is 953. The minimum Gasteiger partial charge on any atom is -0.423 e. The summed E-state index contributed by atoms with van der Waals surface area (Å²) >= 11 is 0. The van der Waals surface area contributed by atoms with Crippen LogP contribution in [-0.4, -0.2) is 28.1 Å². The van der Waals surface area contributed by atoms with Crippen molar-refractivity contribution in [3.05, 3.63) is 89.5 Å². The number of amides is 1. The van der Waals surface area contributed by atoms with E-state index in [1.807, 2.05) is 19.1 Å². The second-order valence-corrected chi connectivity index (χ2v) is 5.61. The minimum atomic E-state index is -0.456. The molecule has 27 heavy (non-hydrogen) atoms. The van der Waals surface area contributed by atoms with Gasteiger partial charge in [0.05, 0.1) is 18.0 Å². The number of carbonyl (C=O) groups excluding carboxylic acids is 2. The lowest BCUT2D eigenvalue weighted by molar-refractivity contribution is 0.0734. The predicted octanol–water partition coefficient (Wildman–Crippen LogP) is 2.77. The van der Waals surface area contributed by atoms with E-state index in [0.717, 1.165) is 11.1 Å². The van der Waals surface area contributed by atoms with Gasteiger partial charge in [0.15, 0.2) is 0 Å². The molecule has 1 heterocycles. The van der Waals surface area contributed by atoms with Gasteiger partial charge in [0.1, 0.15) is 11.4 Å². The molecule has 0 aliphatic carbocycles. The van der Waals surface area contributed by atoms with Gasteiger partial charge in [-0.2, -0.15) is 5.10 Å². The maximum absolute atomic E-state index is 12.1. The zero-order valence-corrected chi connectivity index (χ0v) is 14.5. The summed E-state index contributed by atoms with van der Waals surface area (Å²) in [5, 5.41) is 3.86. The van der Waals surface area contributed by atoms with E-state index in [1.54, 1.807) is 36.4 Å². The molecule has 2 aromatic carbocycles. The molecule has 1 amide bonds. The van der Waals surface area contributed by atoms with Crippen molar-refractivity contribution in [2.45, 2.75) is 6.92 Å². The van der Waals surface area contributed by atoms with Gasteiger partial charge in [0.2, 0.25) is 0 Å². The van der Waals surface area contributed by atoms with E-state index < -0.39 is 11.9 Å². The normalized spacial score (nSPS) is 10.6. The molecule has 0 spiro atoms. The first-order valence-corrected chi connectivity index (χ1v) is 8.10. The smallest absolute Gasteiger partial charge is 0.343 e. The highest BCUT2D eigenvalue weighted by Crippen LogP contribution is 2.14. The maximum atomic E-state index is 12.1. The van der Waals surface area contributed by atoms with E-state index in [-0.39, 0.29) is 5.69 Å². The van der Waals surface area contributed by atoms with Crippen LogP contribution in [-0.2, 0) is 0 Å². The summed E-state index contributed by atoms with van der Waals surface area (Å²) < 4.78 is 5.33. The summed E-state index contributed by atoms with van der Waals surface area (Å²) in [7, 11) is 0. The van der Waals surface area contributed by atoms with Gasteiger partial charge < -0.3 is 4.74 Å². The molecule has 0 bridgehead atoms. The fraction of sp³-hybridized carbons (Fsp3) is 0.0500. The van der Waals surface area contributed by atoms with Gasteiger partial charge in [-0.05, 0) is 48.9 Å². The van der Waals surface area contributed by atoms with Gasteiger partial charge in [-0.1, -0.05) is 17.7 Å². The second kappa shape index (κ2) is 8.48. The number of rotatable bonds is 5. The quantitative estimate of drug-likeness (QED) is 0.327. The summed E-state index contributed by atoms with van der Waals surface area (Å²) in [6, 6.07) is 13.9. The van der Waals surface area contributed by atoms with Crippen molar-refractivity contribution < 1.29 is 14.3 Å². The Kier molecular flexibility index (Phi) is 5.64. The first-order valence-electron chi connectivity index (χ1n) is 8.10. The van der Waals surface area contributed by atoms with Crippen LogP contribution in [0.3, 0.4) is 0 Å². The number of hydrogen-bond acceptors (Lipinski definition) is 6. The number of nitrogens with zero attached hydrogens (tertiary/aromatic N) is 3. The Morgan fingerprint density at radius 2 is 1.78 bits per heavy atom. The number of hydrogen-bond donors (Lipinski definition) is 1. The molecule has 1 aromatic heterocycles. The molecule has 7 nitrogen and oxygen atoms in total. The van der Waals surface area contributed by atoms with E-state index in [4.69, 9.17) is 4.74 Å². The third-order valence-corrected chi connectivity index (χ3v) is 3.55. The van der Waals surface area contributed by atoms with Crippen LogP contribution in [0.2, 0.25) is 0 Å². The highest BCUT2D eigenvalue weighted by Gasteiger charge is 2.08. The number of nitrogens with one attached hydrogen (secondary N) is 1. The summed E-state index contributed by atoms with van der Waals surface area (Å²) in [5.41, 5.74) is 4.82. The highest BCUT2D eigenvalue weighted by atomic mass is 16.5. The summed E-state index contributed by atoms with van der Waals surface area (Å²) in [6.07, 6.45) is 5.73. The van der Waals surface area contributed by atoms with Crippen LogP contribution in [0, 0.1) is 6.92 Å². The van der Waals surface area contributed by atoms with E-state index >= 15 is 0 Å². The predicted molar refractivity (Wildman–Crippen MR) is 99.7 cm³/mol. The molecule has 7 heteroatoms. The molecular formula is C20H16N4O3. The number of hydrazone groups is 1. The van der Waals surface area contributed by atoms with E-state index in [9.17, 15) is 9.59 Å². The zero-order valence-electron chi connectivity index (χ0n) is 14.5. The molecule has 0 unspecified atom stereocenters. The lowest BCUT2D eigenvalue weighted by Gasteiger charge is -2.05. The van der Waals surface area contributed by atoms with Crippen LogP contribution in [0.15, 0.2) is 72.2 Å². The number of aryl methyl sites for hydroxylation is 1. The standard InChI is InChI=1S/C20H16N4O3/c1-14-2-6-16(7-3-14)20(26)27-17-8-4-15(5-9-17)12-23-24-19(25)18-13-21-10-11-22-18/h2-13H,1H3,(H,24,25)/b23-12-. The first kappa shape index (κ1) is 17.9. The monoisotopic (exact) mass is 360 g/mol. The first-order chi connectivity index (χ1) is 13.1. The van der Waals surface area contributed by atoms with Crippen molar-refractivity contribution >= 4 is 18.1 Å². The topological polar surface area (TPSA) is 93.5 Å². The Balaban J connectivity index is 1.56. The summed E-state index contributed by atoms with van der Waals surface area (Å²) in [6.45, 7) is 1.95. The number of esters is 1. The van der Waals surface area contributed by atoms with Crippen molar-refractivity contribution in [3.63, 3.8) is 0 Å². The fourth-order valence-electron chi connectivity index (χ4n) is 2.12. The van der Waals surface area contributed by atoms with Crippen LogP contribution in [0.25, 0.3) is 0 Å². The van der Waals surface area contributed by atoms with Gasteiger partial charge in [-0.15, -0.1) is 0 Å². The Morgan fingerprint density at radius 3 is 2.44 bits per heavy atom. The fourth-order valence-corrected chi connectivity index (χ4v) is 2.12. The van der Waals surface area contributed by atoms with Gasteiger partial charge in [-0.3, -0.25) is 9.78 Å². The number of carbonyl (C=O) groups is 2. The number of ether oxygens (including phenoxy) is 1. The van der Waals surface area contributed by atoms with Crippen molar-refractivity contribution in [3.8, 4) is 5.75 Å². The molecule has 0 atom stereocenters. The largest absolute Gasteiger partial charge is 0.423 e. The highest BCUT2D eigenvalue weighted by molar-refractivity contribution is 5.93. The molecule has 1 N–H and O–H groups in total. The van der Waals surface area contributed by atoms with Crippen molar-refractivity contribution in [1.29, 1.82) is 0 Å². The summed E-state index contributed by atoms with van der Waals surface area (Å²) in [5.74, 6) is -0.461. The van der Waals surface area contributed by atoms with Crippen molar-refractivity contribution in [2.75, 3.05) is 0 Å². The van der Waals surface area contributed by atoms with Gasteiger partial charge in [0.25, 0.3) is 5.91 Å². The van der Waals surface area contributed by atoms with Crippen molar-refractivity contribution in [1.82, 2.24) is 15.4 Å². The molecular weight excluding hydrogens is 344 g/mol. The summed E-state index contributed by atoms with van der Waals surface area (Å²) in [4.78, 5) is 31.6. The van der Waals surface area contributed by atoms with Crippen LogP contribution in [0.1, 0.15) is 32.0 Å². The molecule has 0 saturated heterocycles. The molecule has 0 fully saturated rings. The van der Waals surface area contributed by atoms with Gasteiger partial charge in [-0.25, -0.2) is 15.2 Å². The number of aromatic nitrogens is 2. The zero-order chi connectivity index (χ0) is 19.1. The van der Waals surface area contributed by atoms with Gasteiger partial charge >= 0.3 is 5.97 Å². The molecule has 3 rings (SSSR count). The van der Waals surface area contributed by atoms with Crippen LogP contribution >= 0.6 is 0 Å². The molecule has 0 aliphatic rings. The van der Waals surface area contributed by atoms with Crippen molar-refractivity contribution in [2.24, 2.45) is 5.10 Å². The Morgan fingerprint density at radius 1 is 1.04 bits per heavy atom. The number of benzene rings is 2. The minimum absolute atomic E-state index is 0.174. The average Bonchev–Trinajstić information content (AvgIpc) is 2.70. The molecule has 134 valence electrons. The Hall–Kier alpha value is -3.87. The van der Waals surface area contributed by atoms with E-state index in [0.29, 0.717) is 11.3 Å².